The van der Waals surface area contributed by atoms with Gasteiger partial charge in [0.05, 0.1) is 17.1 Å². The second-order valence-corrected chi connectivity index (χ2v) is 8.78. The summed E-state index contributed by atoms with van der Waals surface area (Å²) in [6.07, 6.45) is 1.63. The first kappa shape index (κ1) is 21.1. The Bertz CT molecular complexity index is 1280. The number of nitrogens with one attached hydrogen (secondary N) is 1. The summed E-state index contributed by atoms with van der Waals surface area (Å²) < 4.78 is 18.6. The van der Waals surface area contributed by atoms with E-state index in [1.54, 1.807) is 24.5 Å². The Morgan fingerprint density at radius 1 is 1.06 bits per heavy atom. The molecule has 33 heavy (non-hydrogen) atoms. The van der Waals surface area contributed by atoms with Crippen molar-refractivity contribution < 1.29 is 18.7 Å². The molecule has 0 radical (unpaired) electrons. The standard InChI is InChI=1S/C24H22N4O4S/c1-15-19(10-11-30-15)22-26-27-24(28(22)18-6-4-3-5-7-18)33-16(2)23(29)25-17-8-9-20-21(14-17)32-13-12-31-20/h3-11,14,16H,12-13H2,1-2H3,(H,25,29)/t16-/m1/s1. The second kappa shape index (κ2) is 9.03. The van der Waals surface area contributed by atoms with Gasteiger partial charge in [-0.2, -0.15) is 0 Å². The number of rotatable bonds is 6. The highest BCUT2D eigenvalue weighted by Gasteiger charge is 2.23. The largest absolute Gasteiger partial charge is 0.486 e. The lowest BCUT2D eigenvalue weighted by Crippen LogP contribution is -2.23. The number of carbonyl (C=O) groups is 1. The minimum atomic E-state index is -0.428. The number of nitrogens with zero attached hydrogens (tertiary/aromatic N) is 3. The zero-order valence-corrected chi connectivity index (χ0v) is 19.0. The van der Waals surface area contributed by atoms with E-state index in [0.717, 1.165) is 17.0 Å². The number of fused-ring (bicyclic) bond motifs is 1. The Balaban J connectivity index is 1.39. The van der Waals surface area contributed by atoms with Gasteiger partial charge in [0.25, 0.3) is 0 Å². The number of para-hydroxylation sites is 1. The number of thioether (sulfide) groups is 1. The predicted molar refractivity (Wildman–Crippen MR) is 125 cm³/mol. The maximum absolute atomic E-state index is 12.9. The molecule has 0 bridgehead atoms. The van der Waals surface area contributed by atoms with Gasteiger partial charge >= 0.3 is 0 Å². The molecule has 2 aromatic carbocycles. The SMILES string of the molecule is Cc1occc1-c1nnc(S[C@H](C)C(=O)Nc2ccc3c(c2)OCCO3)n1-c1ccccc1. The van der Waals surface area contributed by atoms with Gasteiger partial charge < -0.3 is 19.2 Å². The van der Waals surface area contributed by atoms with Crippen molar-refractivity contribution in [1.82, 2.24) is 14.8 Å². The third-order valence-electron chi connectivity index (χ3n) is 5.21. The van der Waals surface area contributed by atoms with Gasteiger partial charge in [-0.05, 0) is 44.2 Å². The molecule has 8 nitrogen and oxygen atoms in total. The highest BCUT2D eigenvalue weighted by Crippen LogP contribution is 2.34. The molecule has 0 saturated heterocycles. The number of hydrogen-bond acceptors (Lipinski definition) is 7. The molecule has 0 saturated carbocycles. The van der Waals surface area contributed by atoms with E-state index >= 15 is 0 Å². The lowest BCUT2D eigenvalue weighted by Gasteiger charge is -2.19. The van der Waals surface area contributed by atoms with Crippen LogP contribution in [0.1, 0.15) is 12.7 Å². The summed E-state index contributed by atoms with van der Waals surface area (Å²) in [4.78, 5) is 12.9. The first-order valence-electron chi connectivity index (χ1n) is 10.5. The van der Waals surface area contributed by atoms with Crippen LogP contribution in [0.15, 0.2) is 70.4 Å². The highest BCUT2D eigenvalue weighted by molar-refractivity contribution is 8.00. The molecule has 9 heteroatoms. The number of ether oxygens (including phenoxy) is 2. The van der Waals surface area contributed by atoms with Gasteiger partial charge in [0.15, 0.2) is 22.5 Å². The summed E-state index contributed by atoms with van der Waals surface area (Å²) in [6, 6.07) is 17.1. The van der Waals surface area contributed by atoms with Crippen LogP contribution in [-0.4, -0.2) is 39.1 Å². The zero-order valence-electron chi connectivity index (χ0n) is 18.1. The third-order valence-corrected chi connectivity index (χ3v) is 6.25. The average Bonchev–Trinajstić information content (AvgIpc) is 3.45. The lowest BCUT2D eigenvalue weighted by atomic mass is 10.2. The van der Waals surface area contributed by atoms with E-state index in [-0.39, 0.29) is 5.91 Å². The van der Waals surface area contributed by atoms with Crippen LogP contribution in [-0.2, 0) is 4.79 Å². The minimum Gasteiger partial charge on any atom is -0.486 e. The smallest absolute Gasteiger partial charge is 0.237 e. The van der Waals surface area contributed by atoms with Gasteiger partial charge in [-0.3, -0.25) is 9.36 Å². The predicted octanol–water partition coefficient (Wildman–Crippen LogP) is 4.73. The molecule has 1 atom stereocenters. The van der Waals surface area contributed by atoms with E-state index in [4.69, 9.17) is 13.9 Å². The summed E-state index contributed by atoms with van der Waals surface area (Å²) in [5.74, 6) is 2.57. The van der Waals surface area contributed by atoms with Crippen molar-refractivity contribution in [2.24, 2.45) is 0 Å². The van der Waals surface area contributed by atoms with Crippen molar-refractivity contribution in [1.29, 1.82) is 0 Å². The number of benzene rings is 2. The summed E-state index contributed by atoms with van der Waals surface area (Å²) in [5, 5.41) is 11.9. The molecule has 1 aliphatic rings. The number of aryl methyl sites for hydroxylation is 1. The van der Waals surface area contributed by atoms with Crippen LogP contribution < -0.4 is 14.8 Å². The molecule has 2 aromatic heterocycles. The maximum atomic E-state index is 12.9. The first-order valence-corrected chi connectivity index (χ1v) is 11.4. The van der Waals surface area contributed by atoms with Gasteiger partial charge in [0.1, 0.15) is 19.0 Å². The van der Waals surface area contributed by atoms with E-state index in [0.29, 0.717) is 41.4 Å². The maximum Gasteiger partial charge on any atom is 0.237 e. The topological polar surface area (TPSA) is 91.4 Å². The molecule has 0 unspecified atom stereocenters. The molecular formula is C24H22N4O4S. The van der Waals surface area contributed by atoms with E-state index < -0.39 is 5.25 Å². The van der Waals surface area contributed by atoms with Crippen molar-refractivity contribution >= 4 is 23.4 Å². The number of amides is 1. The molecule has 0 spiro atoms. The van der Waals surface area contributed by atoms with E-state index in [1.807, 2.05) is 54.8 Å². The quantitative estimate of drug-likeness (QED) is 0.414. The highest BCUT2D eigenvalue weighted by atomic mass is 32.2. The van der Waals surface area contributed by atoms with Crippen LogP contribution in [0.2, 0.25) is 0 Å². The van der Waals surface area contributed by atoms with Crippen molar-refractivity contribution in [3.8, 4) is 28.6 Å². The van der Waals surface area contributed by atoms with Crippen LogP contribution in [0, 0.1) is 6.92 Å². The normalized spacial score (nSPS) is 13.5. The lowest BCUT2D eigenvalue weighted by molar-refractivity contribution is -0.115. The van der Waals surface area contributed by atoms with E-state index in [2.05, 4.69) is 15.5 Å². The molecule has 5 rings (SSSR count). The van der Waals surface area contributed by atoms with Crippen LogP contribution in [0.4, 0.5) is 5.69 Å². The molecule has 0 fully saturated rings. The Hall–Kier alpha value is -3.72. The van der Waals surface area contributed by atoms with Gasteiger partial charge in [0.2, 0.25) is 5.91 Å². The monoisotopic (exact) mass is 462 g/mol. The van der Waals surface area contributed by atoms with Crippen LogP contribution >= 0.6 is 11.8 Å². The molecule has 1 amide bonds. The molecule has 4 aromatic rings. The van der Waals surface area contributed by atoms with Crippen molar-refractivity contribution in [2.75, 3.05) is 18.5 Å². The average molecular weight is 463 g/mol. The molecular weight excluding hydrogens is 440 g/mol. The zero-order chi connectivity index (χ0) is 22.8. The van der Waals surface area contributed by atoms with Crippen molar-refractivity contribution in [3.05, 3.63) is 66.6 Å². The fourth-order valence-electron chi connectivity index (χ4n) is 3.52. The van der Waals surface area contributed by atoms with Gasteiger partial charge in [-0.25, -0.2) is 0 Å². The number of furan rings is 1. The Morgan fingerprint density at radius 3 is 2.61 bits per heavy atom. The number of hydrogen-bond donors (Lipinski definition) is 1. The van der Waals surface area contributed by atoms with Crippen LogP contribution in [0.25, 0.3) is 17.1 Å². The van der Waals surface area contributed by atoms with E-state index in [1.165, 1.54) is 11.8 Å². The van der Waals surface area contributed by atoms with E-state index in [9.17, 15) is 4.79 Å². The molecule has 3 heterocycles. The summed E-state index contributed by atoms with van der Waals surface area (Å²) >= 11 is 1.34. The summed E-state index contributed by atoms with van der Waals surface area (Å²) in [7, 11) is 0. The first-order chi connectivity index (χ1) is 16.1. The van der Waals surface area contributed by atoms with Crippen molar-refractivity contribution in [3.63, 3.8) is 0 Å². The van der Waals surface area contributed by atoms with Crippen LogP contribution in [0.5, 0.6) is 11.5 Å². The van der Waals surface area contributed by atoms with Gasteiger partial charge in [-0.15, -0.1) is 10.2 Å². The Kier molecular flexibility index (Phi) is 5.78. The number of anilines is 1. The van der Waals surface area contributed by atoms with Gasteiger partial charge in [-0.1, -0.05) is 30.0 Å². The molecule has 0 aliphatic carbocycles. The fourth-order valence-corrected chi connectivity index (χ4v) is 4.39. The Morgan fingerprint density at radius 2 is 1.85 bits per heavy atom. The summed E-state index contributed by atoms with van der Waals surface area (Å²) in [5.41, 5.74) is 2.41. The molecule has 168 valence electrons. The van der Waals surface area contributed by atoms with Crippen LogP contribution in [0.3, 0.4) is 0 Å². The fraction of sp³-hybridized carbons (Fsp3) is 0.208. The molecule has 1 aliphatic heterocycles. The van der Waals surface area contributed by atoms with Gasteiger partial charge in [0, 0.05) is 17.4 Å². The molecule has 1 N–H and O–H groups in total. The third kappa shape index (κ3) is 4.31. The summed E-state index contributed by atoms with van der Waals surface area (Å²) in [6.45, 7) is 4.74. The Labute approximate surface area is 194 Å². The number of carbonyl (C=O) groups excluding carboxylic acids is 1. The number of aromatic nitrogens is 3. The van der Waals surface area contributed by atoms with Crippen molar-refractivity contribution in [2.45, 2.75) is 24.3 Å². The minimum absolute atomic E-state index is 0.152. The second-order valence-electron chi connectivity index (χ2n) is 7.48.